The highest BCUT2D eigenvalue weighted by Gasteiger charge is 2.06. The van der Waals surface area contributed by atoms with Crippen molar-refractivity contribution in [3.8, 4) is 0 Å². The Morgan fingerprint density at radius 3 is 1.55 bits per heavy atom. The van der Waals surface area contributed by atoms with Crippen LogP contribution in [0.2, 0.25) is 0 Å². The molecule has 0 spiro atoms. The van der Waals surface area contributed by atoms with Crippen molar-refractivity contribution in [2.75, 3.05) is 7.11 Å². The third-order valence-electron chi connectivity index (χ3n) is 1.65. The van der Waals surface area contributed by atoms with Crippen molar-refractivity contribution in [2.45, 2.75) is 52.0 Å². The van der Waals surface area contributed by atoms with Crippen LogP contribution in [0.3, 0.4) is 0 Å². The number of rotatable bonds is 0. The summed E-state index contributed by atoms with van der Waals surface area (Å²) in [5.74, 6) is 0. The Morgan fingerprint density at radius 1 is 1.00 bits per heavy atom. The molecule has 1 aliphatic carbocycles. The number of nitrogens with two attached hydrogens (primary N) is 1. The van der Waals surface area contributed by atoms with E-state index in [1.165, 1.54) is 32.1 Å². The summed E-state index contributed by atoms with van der Waals surface area (Å²) >= 11 is 0. The lowest BCUT2D eigenvalue weighted by molar-refractivity contribution is 0.399. The molecule has 0 heterocycles. The second-order valence-corrected chi connectivity index (χ2v) is 2.40. The maximum Gasteiger partial charge on any atom is 0.0319 e. The highest BCUT2D eigenvalue weighted by atomic mass is 16.2. The van der Waals surface area contributed by atoms with Crippen LogP contribution in [0.5, 0.6) is 0 Å². The van der Waals surface area contributed by atoms with Gasteiger partial charge in [-0.1, -0.05) is 33.1 Å². The maximum atomic E-state index is 7.00. The molecule has 0 radical (unpaired) electrons. The summed E-state index contributed by atoms with van der Waals surface area (Å²) in [6.07, 6.45) is 6.66. The molecular weight excluding hydrogens is 138 g/mol. The minimum atomic E-state index is 0.536. The summed E-state index contributed by atoms with van der Waals surface area (Å²) in [6.45, 7) is 4.00. The van der Waals surface area contributed by atoms with Crippen LogP contribution >= 0.6 is 0 Å². The van der Waals surface area contributed by atoms with Crippen LogP contribution in [0, 0.1) is 0 Å². The SMILES string of the molecule is CC.CO.NC1CCCCC1. The molecule has 2 heteroatoms. The lowest BCUT2D eigenvalue weighted by Gasteiger charge is -2.15. The van der Waals surface area contributed by atoms with Crippen LogP contribution in [0.15, 0.2) is 0 Å². The molecule has 0 bridgehead atoms. The molecule has 0 aromatic rings. The van der Waals surface area contributed by atoms with Gasteiger partial charge in [-0.05, 0) is 12.8 Å². The van der Waals surface area contributed by atoms with Crippen LogP contribution < -0.4 is 5.73 Å². The molecule has 3 N–H and O–H groups in total. The molecule has 1 aliphatic rings. The normalized spacial score (nSPS) is 17.2. The van der Waals surface area contributed by atoms with Crippen LogP contribution in [-0.4, -0.2) is 18.3 Å². The molecule has 0 atom stereocenters. The van der Waals surface area contributed by atoms with E-state index in [-0.39, 0.29) is 0 Å². The van der Waals surface area contributed by atoms with E-state index in [1.807, 2.05) is 13.8 Å². The zero-order valence-corrected chi connectivity index (χ0v) is 8.14. The van der Waals surface area contributed by atoms with Gasteiger partial charge < -0.3 is 10.8 Å². The van der Waals surface area contributed by atoms with Gasteiger partial charge in [-0.25, -0.2) is 0 Å². The summed E-state index contributed by atoms with van der Waals surface area (Å²) < 4.78 is 0. The fourth-order valence-electron chi connectivity index (χ4n) is 1.13. The predicted molar refractivity (Wildman–Crippen MR) is 50.6 cm³/mol. The molecule has 1 saturated carbocycles. The summed E-state index contributed by atoms with van der Waals surface area (Å²) in [7, 11) is 1.00. The van der Waals surface area contributed by atoms with E-state index in [1.54, 1.807) is 0 Å². The summed E-state index contributed by atoms with van der Waals surface area (Å²) in [5, 5.41) is 7.00. The molecule has 2 nitrogen and oxygen atoms in total. The predicted octanol–water partition coefficient (Wildman–Crippen LogP) is 1.91. The third-order valence-corrected chi connectivity index (χ3v) is 1.65. The molecule has 0 unspecified atom stereocenters. The molecule has 0 amide bonds. The Balaban J connectivity index is 0. The lowest BCUT2D eigenvalue weighted by Crippen LogP contribution is -2.22. The van der Waals surface area contributed by atoms with Crippen LogP contribution in [0.4, 0.5) is 0 Å². The van der Waals surface area contributed by atoms with Crippen molar-refractivity contribution in [3.05, 3.63) is 0 Å². The van der Waals surface area contributed by atoms with Crippen molar-refractivity contribution >= 4 is 0 Å². The van der Waals surface area contributed by atoms with Crippen molar-refractivity contribution in [1.82, 2.24) is 0 Å². The quantitative estimate of drug-likeness (QED) is 0.570. The van der Waals surface area contributed by atoms with Gasteiger partial charge in [-0.15, -0.1) is 0 Å². The molecule has 1 rings (SSSR count). The second kappa shape index (κ2) is 12.6. The second-order valence-electron chi connectivity index (χ2n) is 2.40. The number of aliphatic hydroxyl groups excluding tert-OH is 1. The van der Waals surface area contributed by atoms with Crippen molar-refractivity contribution in [2.24, 2.45) is 5.73 Å². The van der Waals surface area contributed by atoms with Crippen molar-refractivity contribution < 1.29 is 5.11 Å². The zero-order valence-electron chi connectivity index (χ0n) is 8.14. The van der Waals surface area contributed by atoms with Gasteiger partial charge in [-0.2, -0.15) is 0 Å². The summed E-state index contributed by atoms with van der Waals surface area (Å²) in [4.78, 5) is 0. The first-order chi connectivity index (χ1) is 5.39. The first kappa shape index (κ1) is 13.5. The molecule has 0 saturated heterocycles. The van der Waals surface area contributed by atoms with E-state index in [0.717, 1.165) is 7.11 Å². The Kier molecular flexibility index (Phi) is 15.4. The molecular formula is C9H23NO. The topological polar surface area (TPSA) is 46.2 Å². The first-order valence-electron chi connectivity index (χ1n) is 4.60. The van der Waals surface area contributed by atoms with Crippen LogP contribution in [0.1, 0.15) is 46.0 Å². The standard InChI is InChI=1S/C6H13N.C2H6.CH4O/c7-6-4-2-1-3-5-6;2*1-2/h6H,1-5,7H2;1-2H3;2H,1H3. The average molecular weight is 161 g/mol. The van der Waals surface area contributed by atoms with E-state index >= 15 is 0 Å². The molecule has 11 heavy (non-hydrogen) atoms. The van der Waals surface area contributed by atoms with Gasteiger partial charge >= 0.3 is 0 Å². The minimum Gasteiger partial charge on any atom is -0.400 e. The zero-order chi connectivity index (χ0) is 9.11. The Hall–Kier alpha value is -0.0800. The van der Waals surface area contributed by atoms with Gasteiger partial charge in [0.1, 0.15) is 0 Å². The Morgan fingerprint density at radius 2 is 1.36 bits per heavy atom. The highest BCUT2D eigenvalue weighted by molar-refractivity contribution is 4.66. The van der Waals surface area contributed by atoms with E-state index in [4.69, 9.17) is 10.8 Å². The molecule has 0 aromatic carbocycles. The molecule has 1 fully saturated rings. The molecule has 0 aliphatic heterocycles. The number of hydrogen-bond donors (Lipinski definition) is 2. The van der Waals surface area contributed by atoms with Gasteiger partial charge in [0.05, 0.1) is 0 Å². The van der Waals surface area contributed by atoms with E-state index in [9.17, 15) is 0 Å². The van der Waals surface area contributed by atoms with Gasteiger partial charge in [0.25, 0.3) is 0 Å². The van der Waals surface area contributed by atoms with Gasteiger partial charge in [-0.3, -0.25) is 0 Å². The van der Waals surface area contributed by atoms with Gasteiger partial charge in [0.2, 0.25) is 0 Å². The Bertz CT molecular complexity index is 51.5. The smallest absolute Gasteiger partial charge is 0.0319 e. The lowest BCUT2D eigenvalue weighted by atomic mass is 9.97. The van der Waals surface area contributed by atoms with E-state index in [2.05, 4.69) is 0 Å². The number of hydrogen-bond acceptors (Lipinski definition) is 2. The average Bonchev–Trinajstić information content (AvgIpc) is 2.13. The summed E-state index contributed by atoms with van der Waals surface area (Å²) in [5.41, 5.74) is 5.63. The van der Waals surface area contributed by atoms with Crippen LogP contribution in [0.25, 0.3) is 0 Å². The minimum absolute atomic E-state index is 0.536. The number of aliphatic hydroxyl groups is 1. The van der Waals surface area contributed by atoms with E-state index < -0.39 is 0 Å². The van der Waals surface area contributed by atoms with Crippen molar-refractivity contribution in [1.29, 1.82) is 0 Å². The highest BCUT2D eigenvalue weighted by Crippen LogP contribution is 2.14. The Labute approximate surface area is 70.8 Å². The van der Waals surface area contributed by atoms with E-state index in [0.29, 0.717) is 6.04 Å². The molecule has 0 aromatic heterocycles. The van der Waals surface area contributed by atoms with Crippen molar-refractivity contribution in [3.63, 3.8) is 0 Å². The monoisotopic (exact) mass is 161 g/mol. The largest absolute Gasteiger partial charge is 0.400 e. The van der Waals surface area contributed by atoms with Gasteiger partial charge in [0, 0.05) is 13.2 Å². The van der Waals surface area contributed by atoms with Crippen LogP contribution in [-0.2, 0) is 0 Å². The fourth-order valence-corrected chi connectivity index (χ4v) is 1.13. The summed E-state index contributed by atoms with van der Waals surface area (Å²) in [6, 6.07) is 0.536. The maximum absolute atomic E-state index is 7.00. The van der Waals surface area contributed by atoms with Gasteiger partial charge in [0.15, 0.2) is 0 Å². The first-order valence-corrected chi connectivity index (χ1v) is 4.60. The third kappa shape index (κ3) is 9.92. The molecule has 70 valence electrons. The fraction of sp³-hybridized carbons (Fsp3) is 1.00.